The highest BCUT2D eigenvalue weighted by molar-refractivity contribution is 9.11. The lowest BCUT2D eigenvalue weighted by Gasteiger charge is -2.05. The van der Waals surface area contributed by atoms with Gasteiger partial charge in [0.05, 0.1) is 10.7 Å². The highest BCUT2D eigenvalue weighted by Crippen LogP contribution is 2.21. The average molecular weight is 233 g/mol. The summed E-state index contributed by atoms with van der Waals surface area (Å²) >= 11 is 9.06. The standard InChI is InChI=1S/C6H4BrClN3/c7-4-3-5(8)10-11-2-1-9-6(4)11/h1-3,6H/q+1. The minimum absolute atomic E-state index is 0.0301. The number of aliphatic imine (C=N–C) groups is 1. The monoisotopic (exact) mass is 232 g/mol. The van der Waals surface area contributed by atoms with Gasteiger partial charge in [-0.3, -0.25) is 0 Å². The van der Waals surface area contributed by atoms with Crippen molar-refractivity contribution in [3.05, 3.63) is 10.6 Å². The maximum atomic E-state index is 5.70. The Morgan fingerprint density at radius 1 is 1.64 bits per heavy atom. The van der Waals surface area contributed by atoms with Crippen LogP contribution in [0.2, 0.25) is 0 Å². The highest BCUT2D eigenvalue weighted by Gasteiger charge is 2.30. The number of hydrogen-bond acceptors (Lipinski definition) is 2. The smallest absolute Gasteiger partial charge is 0.212 e. The van der Waals surface area contributed by atoms with E-state index in [4.69, 9.17) is 11.6 Å². The second-order valence-electron chi connectivity index (χ2n) is 2.15. The van der Waals surface area contributed by atoms with Crippen LogP contribution in [0.5, 0.6) is 0 Å². The van der Waals surface area contributed by atoms with E-state index >= 15 is 0 Å². The fourth-order valence-corrected chi connectivity index (χ4v) is 1.83. The summed E-state index contributed by atoms with van der Waals surface area (Å²) in [5.41, 5.74) is 0. The summed E-state index contributed by atoms with van der Waals surface area (Å²) in [7, 11) is 0. The van der Waals surface area contributed by atoms with E-state index in [1.807, 2.05) is 0 Å². The van der Waals surface area contributed by atoms with Gasteiger partial charge in [0.15, 0.2) is 5.17 Å². The summed E-state index contributed by atoms with van der Waals surface area (Å²) in [5.74, 6) is 0. The molecule has 0 saturated carbocycles. The van der Waals surface area contributed by atoms with Crippen molar-refractivity contribution < 1.29 is 4.68 Å². The Morgan fingerprint density at radius 2 is 2.45 bits per heavy atom. The Bertz CT molecular complexity index is 316. The van der Waals surface area contributed by atoms with Crippen LogP contribution in [-0.2, 0) is 0 Å². The Kier molecular flexibility index (Phi) is 1.65. The van der Waals surface area contributed by atoms with Gasteiger partial charge in [0.25, 0.3) is 0 Å². The molecule has 5 heteroatoms. The molecule has 1 unspecified atom stereocenters. The van der Waals surface area contributed by atoms with Crippen LogP contribution < -0.4 is 0 Å². The molecule has 1 atom stereocenters. The van der Waals surface area contributed by atoms with E-state index in [0.717, 1.165) is 4.48 Å². The van der Waals surface area contributed by atoms with E-state index in [2.05, 4.69) is 26.0 Å². The quantitative estimate of drug-likeness (QED) is 0.565. The summed E-state index contributed by atoms with van der Waals surface area (Å²) in [6.45, 7) is 0. The van der Waals surface area contributed by atoms with Gasteiger partial charge in [-0.25, -0.2) is 4.99 Å². The van der Waals surface area contributed by atoms with Crippen LogP contribution in [0.1, 0.15) is 0 Å². The second-order valence-corrected chi connectivity index (χ2v) is 3.46. The van der Waals surface area contributed by atoms with Crippen LogP contribution in [0.4, 0.5) is 0 Å². The van der Waals surface area contributed by atoms with Crippen LogP contribution in [0.25, 0.3) is 0 Å². The Hall–Kier alpha value is -0.480. The van der Waals surface area contributed by atoms with Crippen molar-refractivity contribution in [2.24, 2.45) is 10.1 Å². The van der Waals surface area contributed by atoms with Gasteiger partial charge in [0.1, 0.15) is 0 Å². The largest absolute Gasteiger partial charge is 0.309 e. The van der Waals surface area contributed by atoms with E-state index in [-0.39, 0.29) is 6.17 Å². The number of halogens is 2. The van der Waals surface area contributed by atoms with Crippen molar-refractivity contribution in [3.8, 4) is 0 Å². The predicted octanol–water partition coefficient (Wildman–Crippen LogP) is 1.32. The van der Waals surface area contributed by atoms with Gasteiger partial charge >= 0.3 is 6.17 Å². The molecule has 0 aliphatic carbocycles. The molecule has 0 amide bonds. The molecule has 0 N–H and O–H groups in total. The highest BCUT2D eigenvalue weighted by atomic mass is 79.9. The predicted molar refractivity (Wildman–Crippen MR) is 48.9 cm³/mol. The van der Waals surface area contributed by atoms with Gasteiger partial charge < -0.3 is 0 Å². The number of rotatable bonds is 0. The van der Waals surface area contributed by atoms with E-state index in [0.29, 0.717) is 5.17 Å². The Balaban J connectivity index is 2.45. The lowest BCUT2D eigenvalue weighted by atomic mass is 10.4. The zero-order valence-electron chi connectivity index (χ0n) is 5.41. The van der Waals surface area contributed by atoms with Crippen molar-refractivity contribution >= 4 is 45.1 Å². The van der Waals surface area contributed by atoms with Crippen molar-refractivity contribution in [2.75, 3.05) is 0 Å². The van der Waals surface area contributed by atoms with Gasteiger partial charge in [-0.2, -0.15) is 0 Å². The molecule has 11 heavy (non-hydrogen) atoms. The number of fused-ring (bicyclic) bond motifs is 1. The first-order valence-corrected chi connectivity index (χ1v) is 4.20. The van der Waals surface area contributed by atoms with Gasteiger partial charge in [0, 0.05) is 11.2 Å². The molecule has 0 aromatic heterocycles. The summed E-state index contributed by atoms with van der Waals surface area (Å²) in [6.07, 6.45) is 5.21. The van der Waals surface area contributed by atoms with E-state index in [1.54, 1.807) is 23.2 Å². The van der Waals surface area contributed by atoms with E-state index < -0.39 is 0 Å². The molecule has 0 bridgehead atoms. The molecule has 3 nitrogen and oxygen atoms in total. The van der Waals surface area contributed by atoms with Gasteiger partial charge in [-0.05, 0) is 15.9 Å². The molecule has 2 rings (SSSR count). The van der Waals surface area contributed by atoms with Crippen molar-refractivity contribution in [3.63, 3.8) is 0 Å². The lowest BCUT2D eigenvalue weighted by Crippen LogP contribution is -2.21. The maximum Gasteiger partial charge on any atom is 0.309 e. The topological polar surface area (TPSA) is 27.7 Å². The van der Waals surface area contributed by atoms with Crippen LogP contribution in [0, 0.1) is 0 Å². The second kappa shape index (κ2) is 2.53. The molecule has 2 aliphatic rings. The van der Waals surface area contributed by atoms with Crippen molar-refractivity contribution in [1.82, 2.24) is 0 Å². The SMILES string of the molecule is ClC1=N[N+]2=CC=NC2C(Br)=C1. The number of hydrazone groups is 1. The summed E-state index contributed by atoms with van der Waals surface area (Å²) in [5, 5.41) is 4.49. The van der Waals surface area contributed by atoms with Crippen LogP contribution in [0.3, 0.4) is 0 Å². The first-order chi connectivity index (χ1) is 5.27. The Labute approximate surface area is 76.9 Å². The molecule has 2 aliphatic heterocycles. The van der Waals surface area contributed by atoms with Crippen LogP contribution >= 0.6 is 27.5 Å². The van der Waals surface area contributed by atoms with Gasteiger partial charge in [-0.15, -0.1) is 0 Å². The number of hydrogen-bond donors (Lipinski definition) is 0. The molecule has 0 fully saturated rings. The molecule has 0 aromatic carbocycles. The molecule has 0 aromatic rings. The molecule has 2 heterocycles. The van der Waals surface area contributed by atoms with Crippen LogP contribution in [-0.4, -0.2) is 28.5 Å². The summed E-state index contributed by atoms with van der Waals surface area (Å²) in [6, 6.07) is 0. The van der Waals surface area contributed by atoms with Gasteiger partial charge in [-0.1, -0.05) is 16.3 Å². The molecule has 0 radical (unpaired) electrons. The zero-order chi connectivity index (χ0) is 7.84. The maximum absolute atomic E-state index is 5.70. The molecular formula is C6H4BrClN3+. The first kappa shape index (κ1) is 7.18. The van der Waals surface area contributed by atoms with Gasteiger partial charge in [0.2, 0.25) is 6.21 Å². The van der Waals surface area contributed by atoms with Crippen molar-refractivity contribution in [2.45, 2.75) is 6.17 Å². The molecule has 0 saturated heterocycles. The lowest BCUT2D eigenvalue weighted by molar-refractivity contribution is -0.550. The molecular weight excluding hydrogens is 229 g/mol. The normalized spacial score (nSPS) is 27.5. The average Bonchev–Trinajstić information content (AvgIpc) is 2.34. The fraction of sp³-hybridized carbons (Fsp3) is 0.167. The van der Waals surface area contributed by atoms with Crippen molar-refractivity contribution in [1.29, 1.82) is 0 Å². The third kappa shape index (κ3) is 1.16. The fourth-order valence-electron chi connectivity index (χ4n) is 0.951. The minimum atomic E-state index is -0.0301. The molecule has 56 valence electrons. The minimum Gasteiger partial charge on any atom is -0.212 e. The van der Waals surface area contributed by atoms with E-state index in [9.17, 15) is 0 Å². The third-order valence-electron chi connectivity index (χ3n) is 1.41. The van der Waals surface area contributed by atoms with Crippen LogP contribution in [0.15, 0.2) is 20.7 Å². The third-order valence-corrected chi connectivity index (χ3v) is 2.24. The molecule has 0 spiro atoms. The Morgan fingerprint density at radius 3 is 3.27 bits per heavy atom. The number of nitrogens with zero attached hydrogens (tertiary/aromatic N) is 3. The first-order valence-electron chi connectivity index (χ1n) is 3.03. The summed E-state index contributed by atoms with van der Waals surface area (Å²) in [4.78, 5) is 4.14. The zero-order valence-corrected chi connectivity index (χ0v) is 7.75. The summed E-state index contributed by atoms with van der Waals surface area (Å²) < 4.78 is 2.63. The number of allylic oxidation sites excluding steroid dienone is 1. The van der Waals surface area contributed by atoms with E-state index in [1.165, 1.54) is 0 Å².